The van der Waals surface area contributed by atoms with Crippen LogP contribution in [-0.4, -0.2) is 19.3 Å². The molecule has 0 fully saturated rings. The zero-order chi connectivity index (χ0) is 12.6. The fourth-order valence-electron chi connectivity index (χ4n) is 2.22. The topological polar surface area (TPSA) is 44.5 Å². The highest BCUT2D eigenvalue weighted by Crippen LogP contribution is 2.44. The van der Waals surface area contributed by atoms with Crippen molar-refractivity contribution in [2.24, 2.45) is 5.73 Å². The molecule has 0 radical (unpaired) electrons. The van der Waals surface area contributed by atoms with Crippen LogP contribution in [-0.2, 0) is 12.8 Å². The van der Waals surface area contributed by atoms with Gasteiger partial charge in [-0.1, -0.05) is 15.9 Å². The summed E-state index contributed by atoms with van der Waals surface area (Å²) in [5, 5.41) is 0. The number of methoxy groups -OCH3 is 1. The Balaban J connectivity index is 2.47. The quantitative estimate of drug-likeness (QED) is 0.933. The molecule has 1 aromatic rings. The van der Waals surface area contributed by atoms with Gasteiger partial charge in [0.2, 0.25) is 0 Å². The van der Waals surface area contributed by atoms with Crippen molar-refractivity contribution < 1.29 is 9.47 Å². The van der Waals surface area contributed by atoms with Crippen molar-refractivity contribution in [3.05, 3.63) is 21.7 Å². The molecule has 4 heteroatoms. The maximum absolute atomic E-state index is 5.86. The lowest BCUT2D eigenvalue weighted by Gasteiger charge is -2.14. The lowest BCUT2D eigenvalue weighted by atomic mass is 10.0. The molecule has 3 nitrogen and oxygen atoms in total. The van der Waals surface area contributed by atoms with Gasteiger partial charge in [0.05, 0.1) is 7.11 Å². The predicted molar refractivity (Wildman–Crippen MR) is 71.8 cm³/mol. The fraction of sp³-hybridized carbons (Fsp3) is 0.538. The standard InChI is InChI=1S/C13H18BrNO2/c1-7(15)4-9-6-11(16-3)13-10(12(9)14)5-8(2)17-13/h6-8H,4-5,15H2,1-3H3. The van der Waals surface area contributed by atoms with Crippen molar-refractivity contribution in [2.75, 3.05) is 7.11 Å². The molecule has 1 aliphatic heterocycles. The molecule has 0 aromatic heterocycles. The number of ether oxygens (including phenoxy) is 2. The third-order valence-electron chi connectivity index (χ3n) is 2.92. The lowest BCUT2D eigenvalue weighted by molar-refractivity contribution is 0.243. The van der Waals surface area contributed by atoms with Crippen LogP contribution in [0.5, 0.6) is 11.5 Å². The van der Waals surface area contributed by atoms with Gasteiger partial charge in [0, 0.05) is 22.5 Å². The largest absolute Gasteiger partial charge is 0.493 e. The monoisotopic (exact) mass is 299 g/mol. The minimum Gasteiger partial charge on any atom is -0.493 e. The highest BCUT2D eigenvalue weighted by molar-refractivity contribution is 9.10. The van der Waals surface area contributed by atoms with Gasteiger partial charge in [-0.15, -0.1) is 0 Å². The van der Waals surface area contributed by atoms with Crippen molar-refractivity contribution >= 4 is 15.9 Å². The predicted octanol–water partition coefficient (Wildman–Crippen LogP) is 2.67. The summed E-state index contributed by atoms with van der Waals surface area (Å²) in [5.41, 5.74) is 8.25. The molecule has 2 rings (SSSR count). The zero-order valence-corrected chi connectivity index (χ0v) is 12.0. The minimum absolute atomic E-state index is 0.133. The first-order valence-electron chi connectivity index (χ1n) is 5.83. The number of hydrogen-bond donors (Lipinski definition) is 1. The molecule has 0 amide bonds. The summed E-state index contributed by atoms with van der Waals surface area (Å²) in [4.78, 5) is 0. The van der Waals surface area contributed by atoms with Gasteiger partial charge >= 0.3 is 0 Å². The lowest BCUT2D eigenvalue weighted by Crippen LogP contribution is -2.18. The first-order valence-corrected chi connectivity index (χ1v) is 6.62. The summed E-state index contributed by atoms with van der Waals surface area (Å²) in [6.07, 6.45) is 1.96. The van der Waals surface area contributed by atoms with E-state index in [-0.39, 0.29) is 12.1 Å². The number of fused-ring (bicyclic) bond motifs is 1. The van der Waals surface area contributed by atoms with Crippen molar-refractivity contribution in [1.29, 1.82) is 0 Å². The van der Waals surface area contributed by atoms with E-state index in [1.807, 2.05) is 13.0 Å². The average molecular weight is 300 g/mol. The minimum atomic E-state index is 0.133. The van der Waals surface area contributed by atoms with Gasteiger partial charge in [0.1, 0.15) is 6.10 Å². The number of halogens is 1. The second-order valence-corrected chi connectivity index (χ2v) is 5.47. The first kappa shape index (κ1) is 12.7. The maximum atomic E-state index is 5.86. The van der Waals surface area contributed by atoms with Gasteiger partial charge in [-0.05, 0) is 31.9 Å². The third kappa shape index (κ3) is 2.43. The molecular formula is C13H18BrNO2. The molecule has 94 valence electrons. The molecule has 0 bridgehead atoms. The van der Waals surface area contributed by atoms with E-state index in [0.29, 0.717) is 0 Å². The molecular weight excluding hydrogens is 282 g/mol. The van der Waals surface area contributed by atoms with Crippen molar-refractivity contribution in [2.45, 2.75) is 38.8 Å². The number of rotatable bonds is 3. The first-order chi connectivity index (χ1) is 8.02. The van der Waals surface area contributed by atoms with Crippen LogP contribution in [0.1, 0.15) is 25.0 Å². The Morgan fingerprint density at radius 1 is 1.65 bits per heavy atom. The van der Waals surface area contributed by atoms with Crippen LogP contribution in [0, 0.1) is 0 Å². The van der Waals surface area contributed by atoms with Crippen molar-refractivity contribution in [3.8, 4) is 11.5 Å². The molecule has 1 heterocycles. The Labute approximate surface area is 110 Å². The third-order valence-corrected chi connectivity index (χ3v) is 3.91. The molecule has 0 saturated heterocycles. The van der Waals surface area contributed by atoms with Gasteiger partial charge in [-0.25, -0.2) is 0 Å². The molecule has 1 aliphatic rings. The van der Waals surface area contributed by atoms with E-state index >= 15 is 0 Å². The van der Waals surface area contributed by atoms with E-state index in [0.717, 1.165) is 28.8 Å². The van der Waals surface area contributed by atoms with E-state index < -0.39 is 0 Å². The molecule has 0 saturated carbocycles. The van der Waals surface area contributed by atoms with Crippen molar-refractivity contribution in [1.82, 2.24) is 0 Å². The molecule has 2 unspecified atom stereocenters. The van der Waals surface area contributed by atoms with E-state index in [1.54, 1.807) is 7.11 Å². The van der Waals surface area contributed by atoms with Crippen LogP contribution >= 0.6 is 15.9 Å². The van der Waals surface area contributed by atoms with Crippen LogP contribution < -0.4 is 15.2 Å². The van der Waals surface area contributed by atoms with Gasteiger partial charge in [-0.3, -0.25) is 0 Å². The van der Waals surface area contributed by atoms with E-state index in [9.17, 15) is 0 Å². The van der Waals surface area contributed by atoms with Crippen molar-refractivity contribution in [3.63, 3.8) is 0 Å². The normalized spacial score (nSPS) is 19.7. The molecule has 2 atom stereocenters. The van der Waals surface area contributed by atoms with Crippen LogP contribution in [0.4, 0.5) is 0 Å². The Morgan fingerprint density at radius 3 is 2.94 bits per heavy atom. The number of nitrogens with two attached hydrogens (primary N) is 1. The highest BCUT2D eigenvalue weighted by Gasteiger charge is 2.27. The molecule has 1 aromatic carbocycles. The Hall–Kier alpha value is -0.740. The van der Waals surface area contributed by atoms with Crippen LogP contribution in [0.3, 0.4) is 0 Å². The summed E-state index contributed by atoms with van der Waals surface area (Å²) in [6, 6.07) is 2.15. The SMILES string of the molecule is COc1cc(CC(C)N)c(Br)c2c1OC(C)C2. The molecule has 17 heavy (non-hydrogen) atoms. The number of hydrogen-bond acceptors (Lipinski definition) is 3. The summed E-state index contributed by atoms with van der Waals surface area (Å²) in [6.45, 7) is 4.07. The second-order valence-electron chi connectivity index (χ2n) is 4.67. The molecule has 2 N–H and O–H groups in total. The van der Waals surface area contributed by atoms with Gasteiger partial charge in [-0.2, -0.15) is 0 Å². The van der Waals surface area contributed by atoms with Gasteiger partial charge < -0.3 is 15.2 Å². The smallest absolute Gasteiger partial charge is 0.166 e. The zero-order valence-electron chi connectivity index (χ0n) is 10.4. The van der Waals surface area contributed by atoms with E-state index in [2.05, 4.69) is 22.9 Å². The second kappa shape index (κ2) is 4.86. The Kier molecular flexibility index (Phi) is 3.64. The van der Waals surface area contributed by atoms with E-state index in [1.165, 1.54) is 11.1 Å². The van der Waals surface area contributed by atoms with Gasteiger partial charge in [0.25, 0.3) is 0 Å². The van der Waals surface area contributed by atoms with Crippen LogP contribution in [0.15, 0.2) is 10.5 Å². The Bertz CT molecular complexity index is 432. The average Bonchev–Trinajstić information content (AvgIpc) is 2.64. The van der Waals surface area contributed by atoms with E-state index in [4.69, 9.17) is 15.2 Å². The summed E-state index contributed by atoms with van der Waals surface area (Å²) in [7, 11) is 1.67. The highest BCUT2D eigenvalue weighted by atomic mass is 79.9. The number of benzene rings is 1. The molecule has 0 spiro atoms. The summed E-state index contributed by atoms with van der Waals surface area (Å²) >= 11 is 3.66. The maximum Gasteiger partial charge on any atom is 0.166 e. The summed E-state index contributed by atoms with van der Waals surface area (Å²) < 4.78 is 12.3. The Morgan fingerprint density at radius 2 is 2.35 bits per heavy atom. The fourth-order valence-corrected chi connectivity index (χ4v) is 2.84. The van der Waals surface area contributed by atoms with Crippen LogP contribution in [0.25, 0.3) is 0 Å². The van der Waals surface area contributed by atoms with Crippen LogP contribution in [0.2, 0.25) is 0 Å². The summed E-state index contributed by atoms with van der Waals surface area (Å²) in [5.74, 6) is 1.68. The molecule has 0 aliphatic carbocycles. The van der Waals surface area contributed by atoms with Gasteiger partial charge in [0.15, 0.2) is 11.5 Å².